The Hall–Kier alpha value is -3.06. The molecule has 3 rings (SSSR count). The number of carbonyl (C=O) groups is 1. The molecule has 0 fully saturated rings. The summed E-state index contributed by atoms with van der Waals surface area (Å²) < 4.78 is 43.4. The molecule has 1 amide bonds. The van der Waals surface area contributed by atoms with E-state index in [0.717, 1.165) is 11.0 Å². The third-order valence-electron chi connectivity index (χ3n) is 4.02. The monoisotopic (exact) mass is 407 g/mol. The lowest BCUT2D eigenvalue weighted by atomic mass is 10.1. The van der Waals surface area contributed by atoms with E-state index in [9.17, 15) is 13.6 Å². The van der Waals surface area contributed by atoms with Gasteiger partial charge in [-0.3, -0.25) is 9.69 Å². The highest BCUT2D eigenvalue weighted by Gasteiger charge is 2.25. The molecule has 0 spiro atoms. The number of carbonyl (C=O) groups excluding carboxylic acids is 1. The fraction of sp³-hybridized carbons (Fsp3) is 0.150. The molecule has 8 heteroatoms. The van der Waals surface area contributed by atoms with Crippen molar-refractivity contribution in [1.82, 2.24) is 0 Å². The maximum Gasteiger partial charge on any atom is 0.258 e. The van der Waals surface area contributed by atoms with Gasteiger partial charge in [0.2, 0.25) is 0 Å². The SMILES string of the molecule is COc1cc(C(=O)N(Cc2ccco2)c2ccc(F)cc2F)cc(Cl)c1OC. The van der Waals surface area contributed by atoms with E-state index in [4.69, 9.17) is 25.5 Å². The number of hydrogen-bond acceptors (Lipinski definition) is 4. The van der Waals surface area contributed by atoms with Crippen LogP contribution in [0, 0.1) is 11.6 Å². The van der Waals surface area contributed by atoms with E-state index in [0.29, 0.717) is 11.8 Å². The summed E-state index contributed by atoms with van der Waals surface area (Å²) in [6.07, 6.45) is 1.44. The highest BCUT2D eigenvalue weighted by Crippen LogP contribution is 2.37. The minimum absolute atomic E-state index is 0.0691. The lowest BCUT2D eigenvalue weighted by Crippen LogP contribution is -2.31. The first kappa shape index (κ1) is 19.7. The fourth-order valence-electron chi connectivity index (χ4n) is 2.72. The molecule has 1 aromatic heterocycles. The van der Waals surface area contributed by atoms with Crippen LogP contribution in [-0.4, -0.2) is 20.1 Å². The van der Waals surface area contributed by atoms with Crippen molar-refractivity contribution in [1.29, 1.82) is 0 Å². The number of anilines is 1. The van der Waals surface area contributed by atoms with Gasteiger partial charge in [-0.2, -0.15) is 0 Å². The number of rotatable bonds is 6. The molecule has 2 aromatic carbocycles. The summed E-state index contributed by atoms with van der Waals surface area (Å²) in [6, 6.07) is 9.08. The van der Waals surface area contributed by atoms with Crippen molar-refractivity contribution in [3.63, 3.8) is 0 Å². The van der Waals surface area contributed by atoms with Gasteiger partial charge in [0.1, 0.15) is 17.4 Å². The van der Waals surface area contributed by atoms with E-state index in [1.54, 1.807) is 12.1 Å². The summed E-state index contributed by atoms with van der Waals surface area (Å²) >= 11 is 6.19. The number of nitrogens with zero attached hydrogens (tertiary/aromatic N) is 1. The van der Waals surface area contributed by atoms with Crippen molar-refractivity contribution in [3.8, 4) is 11.5 Å². The number of ether oxygens (including phenoxy) is 2. The third-order valence-corrected chi connectivity index (χ3v) is 4.30. The topological polar surface area (TPSA) is 51.9 Å². The second-order valence-corrected chi connectivity index (χ2v) is 6.17. The minimum atomic E-state index is -0.883. The lowest BCUT2D eigenvalue weighted by molar-refractivity contribution is 0.0982. The Kier molecular flexibility index (Phi) is 5.84. The quantitative estimate of drug-likeness (QED) is 0.572. The molecule has 28 heavy (non-hydrogen) atoms. The number of halogens is 3. The zero-order chi connectivity index (χ0) is 20.3. The maximum absolute atomic E-state index is 14.4. The number of benzene rings is 2. The Morgan fingerprint density at radius 2 is 1.93 bits per heavy atom. The Morgan fingerprint density at radius 1 is 1.14 bits per heavy atom. The number of hydrogen-bond donors (Lipinski definition) is 0. The molecule has 0 aliphatic heterocycles. The molecule has 0 saturated heterocycles. The predicted molar refractivity (Wildman–Crippen MR) is 100 cm³/mol. The summed E-state index contributed by atoms with van der Waals surface area (Å²) in [7, 11) is 2.82. The van der Waals surface area contributed by atoms with E-state index in [1.807, 2.05) is 0 Å². The Morgan fingerprint density at radius 3 is 2.54 bits per heavy atom. The summed E-state index contributed by atoms with van der Waals surface area (Å²) in [6.45, 7) is -0.0691. The van der Waals surface area contributed by atoms with Gasteiger partial charge in [-0.05, 0) is 36.4 Å². The predicted octanol–water partition coefficient (Wildman–Crippen LogP) is 5.08. The second-order valence-electron chi connectivity index (χ2n) is 5.76. The average Bonchev–Trinajstić information content (AvgIpc) is 3.18. The molecule has 0 radical (unpaired) electrons. The first-order valence-corrected chi connectivity index (χ1v) is 8.53. The molecule has 0 saturated carbocycles. The van der Waals surface area contributed by atoms with E-state index in [1.165, 1.54) is 38.7 Å². The van der Waals surface area contributed by atoms with Crippen LogP contribution >= 0.6 is 11.6 Å². The molecule has 0 aliphatic rings. The zero-order valence-electron chi connectivity index (χ0n) is 15.0. The number of methoxy groups -OCH3 is 2. The highest BCUT2D eigenvalue weighted by molar-refractivity contribution is 6.32. The summed E-state index contributed by atoms with van der Waals surface area (Å²) in [5.41, 5.74) is 0.0339. The Labute approximate surface area is 165 Å². The second kappa shape index (κ2) is 8.31. The lowest BCUT2D eigenvalue weighted by Gasteiger charge is -2.23. The standard InChI is InChI=1S/C20H16ClF2NO4/c1-26-18-9-12(8-15(21)19(18)27-2)20(25)24(11-14-4-3-7-28-14)17-6-5-13(22)10-16(17)23/h3-10H,11H2,1-2H3. The van der Waals surface area contributed by atoms with Crippen LogP contribution in [0.2, 0.25) is 5.02 Å². The fourth-order valence-corrected chi connectivity index (χ4v) is 3.01. The Bertz CT molecular complexity index is 992. The van der Waals surface area contributed by atoms with Crippen molar-refractivity contribution >= 4 is 23.2 Å². The van der Waals surface area contributed by atoms with Gasteiger partial charge in [0.25, 0.3) is 5.91 Å². The van der Waals surface area contributed by atoms with E-state index in [-0.39, 0.29) is 34.3 Å². The average molecular weight is 408 g/mol. The minimum Gasteiger partial charge on any atom is -0.493 e. The maximum atomic E-state index is 14.4. The van der Waals surface area contributed by atoms with Crippen LogP contribution in [0.25, 0.3) is 0 Å². The number of amides is 1. The van der Waals surface area contributed by atoms with Crippen LogP contribution in [0.5, 0.6) is 11.5 Å². The van der Waals surface area contributed by atoms with Gasteiger partial charge >= 0.3 is 0 Å². The van der Waals surface area contributed by atoms with Crippen LogP contribution in [-0.2, 0) is 6.54 Å². The molecular formula is C20H16ClF2NO4. The molecule has 0 N–H and O–H groups in total. The third kappa shape index (κ3) is 3.94. The molecule has 0 unspecified atom stereocenters. The Balaban J connectivity index is 2.07. The smallest absolute Gasteiger partial charge is 0.258 e. The normalized spacial score (nSPS) is 10.6. The van der Waals surface area contributed by atoms with Gasteiger partial charge in [0.15, 0.2) is 11.5 Å². The van der Waals surface area contributed by atoms with Crippen molar-refractivity contribution in [3.05, 3.63) is 76.7 Å². The van der Waals surface area contributed by atoms with E-state index >= 15 is 0 Å². The summed E-state index contributed by atoms with van der Waals surface area (Å²) in [5.74, 6) is -1.28. The molecule has 146 valence electrons. The summed E-state index contributed by atoms with van der Waals surface area (Å²) in [5, 5.41) is 0.155. The van der Waals surface area contributed by atoms with Crippen LogP contribution in [0.15, 0.2) is 53.1 Å². The molecule has 0 bridgehead atoms. The molecule has 1 heterocycles. The first-order valence-electron chi connectivity index (χ1n) is 8.15. The molecule has 0 atom stereocenters. The van der Waals surface area contributed by atoms with Gasteiger partial charge in [0, 0.05) is 11.6 Å². The van der Waals surface area contributed by atoms with E-state index in [2.05, 4.69) is 0 Å². The largest absolute Gasteiger partial charge is 0.493 e. The van der Waals surface area contributed by atoms with Crippen molar-refractivity contribution in [2.45, 2.75) is 6.54 Å². The van der Waals surface area contributed by atoms with Gasteiger partial charge in [-0.25, -0.2) is 8.78 Å². The van der Waals surface area contributed by atoms with Gasteiger partial charge in [-0.15, -0.1) is 0 Å². The van der Waals surface area contributed by atoms with E-state index < -0.39 is 17.5 Å². The van der Waals surface area contributed by atoms with Crippen LogP contribution in [0.3, 0.4) is 0 Å². The molecular weight excluding hydrogens is 392 g/mol. The van der Waals surface area contributed by atoms with Crippen LogP contribution in [0.4, 0.5) is 14.5 Å². The van der Waals surface area contributed by atoms with Crippen molar-refractivity contribution in [2.24, 2.45) is 0 Å². The summed E-state index contributed by atoms with van der Waals surface area (Å²) in [4.78, 5) is 14.3. The van der Waals surface area contributed by atoms with Crippen LogP contribution in [0.1, 0.15) is 16.1 Å². The van der Waals surface area contributed by atoms with Gasteiger partial charge in [-0.1, -0.05) is 11.6 Å². The highest BCUT2D eigenvalue weighted by atomic mass is 35.5. The van der Waals surface area contributed by atoms with Crippen molar-refractivity contribution in [2.75, 3.05) is 19.1 Å². The molecule has 0 aliphatic carbocycles. The van der Waals surface area contributed by atoms with Crippen molar-refractivity contribution < 1.29 is 27.5 Å². The van der Waals surface area contributed by atoms with Gasteiger partial charge in [0.05, 0.1) is 37.7 Å². The molecule has 5 nitrogen and oxygen atoms in total. The van der Waals surface area contributed by atoms with Gasteiger partial charge < -0.3 is 13.9 Å². The number of furan rings is 1. The van der Waals surface area contributed by atoms with Crippen LogP contribution < -0.4 is 14.4 Å². The first-order chi connectivity index (χ1) is 13.4. The zero-order valence-corrected chi connectivity index (χ0v) is 15.8. The molecule has 3 aromatic rings.